The maximum Gasteiger partial charge on any atom is 0.0992 e. The van der Waals surface area contributed by atoms with Crippen LogP contribution in [0.4, 0.5) is 5.69 Å². The van der Waals surface area contributed by atoms with Crippen LogP contribution in [0, 0.1) is 11.3 Å². The Kier molecular flexibility index (Phi) is 5.16. The summed E-state index contributed by atoms with van der Waals surface area (Å²) >= 11 is 3.42. The van der Waals surface area contributed by atoms with Crippen LogP contribution in [-0.2, 0) is 0 Å². The van der Waals surface area contributed by atoms with Crippen LogP contribution in [0.1, 0.15) is 18.4 Å². The van der Waals surface area contributed by atoms with Gasteiger partial charge in [-0.15, -0.1) is 0 Å². The molecule has 0 saturated heterocycles. The minimum Gasteiger partial charge on any atom is -0.384 e. The van der Waals surface area contributed by atoms with Gasteiger partial charge in [0.25, 0.3) is 0 Å². The molecule has 0 aromatic heterocycles. The van der Waals surface area contributed by atoms with Crippen molar-refractivity contribution in [2.45, 2.75) is 12.8 Å². The number of nitrogens with one attached hydrogen (secondary N) is 1. The Hall–Kier alpha value is -1.05. The molecule has 0 fully saturated rings. The number of nitriles is 1. The Morgan fingerprint density at radius 3 is 2.80 bits per heavy atom. The number of hydrogen-bond donors (Lipinski definition) is 2. The van der Waals surface area contributed by atoms with Gasteiger partial charge in [0.15, 0.2) is 0 Å². The van der Waals surface area contributed by atoms with Gasteiger partial charge in [0, 0.05) is 16.7 Å². The summed E-state index contributed by atoms with van der Waals surface area (Å²) in [5.74, 6) is 0. The van der Waals surface area contributed by atoms with Crippen molar-refractivity contribution in [1.29, 1.82) is 5.26 Å². The molecule has 0 aliphatic heterocycles. The van der Waals surface area contributed by atoms with Crippen LogP contribution < -0.4 is 11.1 Å². The highest BCUT2D eigenvalue weighted by Crippen LogP contribution is 2.23. The fourth-order valence-electron chi connectivity index (χ4n) is 1.22. The predicted molar refractivity (Wildman–Crippen MR) is 65.6 cm³/mol. The molecule has 0 heterocycles. The van der Waals surface area contributed by atoms with E-state index >= 15 is 0 Å². The molecule has 4 heteroatoms. The van der Waals surface area contributed by atoms with E-state index in [1.807, 2.05) is 12.1 Å². The summed E-state index contributed by atoms with van der Waals surface area (Å²) in [6.45, 7) is 1.64. The summed E-state index contributed by atoms with van der Waals surface area (Å²) in [6, 6.07) is 7.62. The number of nitrogens with zero attached hydrogens (tertiary/aromatic N) is 1. The predicted octanol–water partition coefficient (Wildman–Crippen LogP) is 2.47. The van der Waals surface area contributed by atoms with Crippen LogP contribution in [0.5, 0.6) is 0 Å². The Balaban J connectivity index is 2.52. The number of benzene rings is 1. The monoisotopic (exact) mass is 267 g/mol. The third-order valence-corrected chi connectivity index (χ3v) is 2.70. The van der Waals surface area contributed by atoms with Crippen molar-refractivity contribution in [2.24, 2.45) is 5.73 Å². The fourth-order valence-corrected chi connectivity index (χ4v) is 1.74. The lowest BCUT2D eigenvalue weighted by atomic mass is 10.2. The number of anilines is 1. The van der Waals surface area contributed by atoms with Gasteiger partial charge >= 0.3 is 0 Å². The first-order valence-corrected chi connectivity index (χ1v) is 5.71. The Bertz CT molecular complexity index is 357. The number of halogens is 1. The Morgan fingerprint density at radius 2 is 2.20 bits per heavy atom. The highest BCUT2D eigenvalue weighted by atomic mass is 79.9. The maximum atomic E-state index is 8.69. The van der Waals surface area contributed by atoms with E-state index in [1.54, 1.807) is 6.07 Å². The second-order valence-corrected chi connectivity index (χ2v) is 4.08. The molecule has 0 amide bonds. The van der Waals surface area contributed by atoms with Gasteiger partial charge in [0.1, 0.15) is 0 Å². The fraction of sp³-hybridized carbons (Fsp3) is 0.364. The van der Waals surface area contributed by atoms with Crippen LogP contribution in [0.3, 0.4) is 0 Å². The van der Waals surface area contributed by atoms with Crippen molar-refractivity contribution in [2.75, 3.05) is 18.4 Å². The van der Waals surface area contributed by atoms with Gasteiger partial charge in [0.05, 0.1) is 11.6 Å². The van der Waals surface area contributed by atoms with Crippen LogP contribution in [0.15, 0.2) is 22.7 Å². The molecule has 80 valence electrons. The van der Waals surface area contributed by atoms with Gasteiger partial charge in [-0.3, -0.25) is 0 Å². The molecule has 0 aliphatic carbocycles. The first-order chi connectivity index (χ1) is 7.27. The van der Waals surface area contributed by atoms with Gasteiger partial charge in [-0.1, -0.05) is 0 Å². The van der Waals surface area contributed by atoms with Crippen LogP contribution >= 0.6 is 15.9 Å². The second-order valence-electron chi connectivity index (χ2n) is 3.23. The topological polar surface area (TPSA) is 61.8 Å². The average Bonchev–Trinajstić information content (AvgIpc) is 2.26. The van der Waals surface area contributed by atoms with E-state index in [9.17, 15) is 0 Å². The zero-order valence-corrected chi connectivity index (χ0v) is 10.0. The van der Waals surface area contributed by atoms with Crippen molar-refractivity contribution in [3.05, 3.63) is 28.2 Å². The second kappa shape index (κ2) is 6.44. The van der Waals surface area contributed by atoms with Gasteiger partial charge in [-0.25, -0.2) is 0 Å². The molecule has 0 radical (unpaired) electrons. The number of hydrogen-bond acceptors (Lipinski definition) is 3. The largest absolute Gasteiger partial charge is 0.384 e. The highest BCUT2D eigenvalue weighted by molar-refractivity contribution is 9.10. The van der Waals surface area contributed by atoms with Crippen molar-refractivity contribution in [3.8, 4) is 6.07 Å². The van der Waals surface area contributed by atoms with E-state index in [-0.39, 0.29) is 0 Å². The van der Waals surface area contributed by atoms with Crippen LogP contribution in [0.25, 0.3) is 0 Å². The van der Waals surface area contributed by atoms with Crippen molar-refractivity contribution in [3.63, 3.8) is 0 Å². The van der Waals surface area contributed by atoms with E-state index < -0.39 is 0 Å². The quantitative estimate of drug-likeness (QED) is 0.806. The standard InChI is InChI=1S/C11H14BrN3/c12-10-7-9(8-14)3-4-11(10)15-6-2-1-5-13/h3-4,7,15H,1-2,5-6,13H2. The molecule has 0 unspecified atom stereocenters. The van der Waals surface area contributed by atoms with E-state index in [0.29, 0.717) is 5.56 Å². The SMILES string of the molecule is N#Cc1ccc(NCCCCN)c(Br)c1. The normalized spacial score (nSPS) is 9.67. The zero-order valence-electron chi connectivity index (χ0n) is 8.46. The minimum atomic E-state index is 0.661. The highest BCUT2D eigenvalue weighted by Gasteiger charge is 1.99. The summed E-state index contributed by atoms with van der Waals surface area (Å²) in [5, 5.41) is 12.0. The number of unbranched alkanes of at least 4 members (excludes halogenated alkanes) is 1. The van der Waals surface area contributed by atoms with Gasteiger partial charge in [0.2, 0.25) is 0 Å². The molecular formula is C11H14BrN3. The van der Waals surface area contributed by atoms with E-state index in [2.05, 4.69) is 27.3 Å². The molecule has 3 N–H and O–H groups in total. The summed E-state index contributed by atoms with van der Waals surface area (Å²) in [6.07, 6.45) is 2.09. The molecule has 0 atom stereocenters. The lowest BCUT2D eigenvalue weighted by Gasteiger charge is -2.07. The van der Waals surface area contributed by atoms with Crippen molar-refractivity contribution >= 4 is 21.6 Å². The molecule has 1 aromatic carbocycles. The zero-order chi connectivity index (χ0) is 11.1. The van der Waals surface area contributed by atoms with Crippen LogP contribution in [0.2, 0.25) is 0 Å². The van der Waals surface area contributed by atoms with Gasteiger partial charge in [-0.2, -0.15) is 5.26 Å². The number of rotatable bonds is 5. The molecule has 1 aromatic rings. The van der Waals surface area contributed by atoms with Crippen molar-refractivity contribution in [1.82, 2.24) is 0 Å². The molecule has 0 aliphatic rings. The molecule has 0 spiro atoms. The summed E-state index contributed by atoms with van der Waals surface area (Å²) in [7, 11) is 0. The number of nitrogens with two attached hydrogens (primary N) is 1. The average molecular weight is 268 g/mol. The van der Waals surface area contributed by atoms with E-state index in [1.165, 1.54) is 0 Å². The van der Waals surface area contributed by atoms with Crippen molar-refractivity contribution < 1.29 is 0 Å². The minimum absolute atomic E-state index is 0.661. The summed E-state index contributed by atoms with van der Waals surface area (Å²) < 4.78 is 0.925. The first-order valence-electron chi connectivity index (χ1n) is 4.91. The molecule has 1 rings (SSSR count). The van der Waals surface area contributed by atoms with Gasteiger partial charge < -0.3 is 11.1 Å². The molecule has 0 saturated carbocycles. The first kappa shape index (κ1) is 12.0. The van der Waals surface area contributed by atoms with Gasteiger partial charge in [-0.05, 0) is 53.5 Å². The van der Waals surface area contributed by atoms with E-state index in [0.717, 1.165) is 36.1 Å². The lowest BCUT2D eigenvalue weighted by molar-refractivity contribution is 0.774. The Morgan fingerprint density at radius 1 is 1.40 bits per heavy atom. The third kappa shape index (κ3) is 3.90. The smallest absolute Gasteiger partial charge is 0.0992 e. The molecular weight excluding hydrogens is 254 g/mol. The molecule has 3 nitrogen and oxygen atoms in total. The lowest BCUT2D eigenvalue weighted by Crippen LogP contribution is -2.06. The summed E-state index contributed by atoms with van der Waals surface area (Å²) in [5.41, 5.74) is 7.08. The third-order valence-electron chi connectivity index (χ3n) is 2.04. The molecule has 0 bridgehead atoms. The summed E-state index contributed by atoms with van der Waals surface area (Å²) in [4.78, 5) is 0. The maximum absolute atomic E-state index is 8.69. The molecule has 15 heavy (non-hydrogen) atoms. The Labute approximate surface area is 98.4 Å². The van der Waals surface area contributed by atoms with E-state index in [4.69, 9.17) is 11.0 Å². The van der Waals surface area contributed by atoms with Crippen LogP contribution in [-0.4, -0.2) is 13.1 Å².